The summed E-state index contributed by atoms with van der Waals surface area (Å²) in [5, 5.41) is 20.4. The van der Waals surface area contributed by atoms with Gasteiger partial charge in [-0.15, -0.1) is 0 Å². The third-order valence-electron chi connectivity index (χ3n) is 4.36. The molecule has 0 saturated heterocycles. The molecule has 2 aromatic rings. The summed E-state index contributed by atoms with van der Waals surface area (Å²) in [6.45, 7) is 2.37. The average Bonchev–Trinajstić information content (AvgIpc) is 2.65. The van der Waals surface area contributed by atoms with Crippen LogP contribution in [0.1, 0.15) is 31.8 Å². The van der Waals surface area contributed by atoms with Gasteiger partial charge in [-0.3, -0.25) is 9.59 Å². The first-order chi connectivity index (χ1) is 13.2. The predicted octanol–water partition coefficient (Wildman–Crippen LogP) is 3.81. The molecular formula is C20H22Br2N2O4. The minimum absolute atomic E-state index is 0.00106. The number of aromatic hydroxyl groups is 2. The van der Waals surface area contributed by atoms with Crippen molar-refractivity contribution in [2.75, 3.05) is 27.2 Å². The standard InChI is InChI=1S/C20H22Br2N2O4/c1-23(9-13-5-17(21)7-15(11-25)19(13)27)3-4-24(2)10-14-6-18(22)8-16(12-26)20(14)28/h5-8,11-12,27-28H,3-4,9-10H2,1-2H3. The summed E-state index contributed by atoms with van der Waals surface area (Å²) < 4.78 is 1.48. The number of hydrogen-bond donors (Lipinski definition) is 2. The third-order valence-corrected chi connectivity index (χ3v) is 5.28. The van der Waals surface area contributed by atoms with Gasteiger partial charge in [-0.1, -0.05) is 31.9 Å². The number of hydrogen-bond acceptors (Lipinski definition) is 6. The zero-order valence-corrected chi connectivity index (χ0v) is 18.8. The van der Waals surface area contributed by atoms with Gasteiger partial charge in [0.25, 0.3) is 0 Å². The van der Waals surface area contributed by atoms with E-state index >= 15 is 0 Å². The highest BCUT2D eigenvalue weighted by Crippen LogP contribution is 2.28. The second-order valence-electron chi connectivity index (χ2n) is 6.72. The van der Waals surface area contributed by atoms with Crippen molar-refractivity contribution in [2.45, 2.75) is 13.1 Å². The Kier molecular flexibility index (Phi) is 8.18. The van der Waals surface area contributed by atoms with Crippen LogP contribution in [0.25, 0.3) is 0 Å². The van der Waals surface area contributed by atoms with Crippen LogP contribution in [0, 0.1) is 0 Å². The highest BCUT2D eigenvalue weighted by Gasteiger charge is 2.13. The number of phenolic OH excluding ortho intramolecular Hbond substituents is 2. The number of rotatable bonds is 9. The van der Waals surface area contributed by atoms with Gasteiger partial charge >= 0.3 is 0 Å². The van der Waals surface area contributed by atoms with E-state index in [0.717, 1.165) is 8.95 Å². The number of carbonyl (C=O) groups is 2. The van der Waals surface area contributed by atoms with Crippen molar-refractivity contribution in [3.63, 3.8) is 0 Å². The number of likely N-dealkylation sites (N-methyl/N-ethyl adjacent to an activating group) is 2. The molecule has 0 fully saturated rings. The van der Waals surface area contributed by atoms with Crippen LogP contribution in [-0.2, 0) is 13.1 Å². The van der Waals surface area contributed by atoms with E-state index in [0.29, 0.717) is 49.9 Å². The lowest BCUT2D eigenvalue weighted by molar-refractivity contribution is 0.111. The monoisotopic (exact) mass is 512 g/mol. The topological polar surface area (TPSA) is 81.1 Å². The van der Waals surface area contributed by atoms with Crippen molar-refractivity contribution in [1.29, 1.82) is 0 Å². The van der Waals surface area contributed by atoms with E-state index < -0.39 is 0 Å². The van der Waals surface area contributed by atoms with Gasteiger partial charge < -0.3 is 20.0 Å². The number of nitrogens with zero attached hydrogens (tertiary/aromatic N) is 2. The van der Waals surface area contributed by atoms with Crippen molar-refractivity contribution in [1.82, 2.24) is 9.80 Å². The Morgan fingerprint density at radius 3 is 1.46 bits per heavy atom. The molecule has 0 bridgehead atoms. The van der Waals surface area contributed by atoms with Crippen molar-refractivity contribution >= 4 is 44.4 Å². The molecule has 6 nitrogen and oxygen atoms in total. The number of carbonyl (C=O) groups excluding carboxylic acids is 2. The molecule has 0 heterocycles. The fourth-order valence-corrected chi connectivity index (χ4v) is 3.91. The first-order valence-corrected chi connectivity index (χ1v) is 10.1. The summed E-state index contributed by atoms with van der Waals surface area (Å²) >= 11 is 6.70. The van der Waals surface area contributed by atoms with Gasteiger partial charge in [0.1, 0.15) is 11.5 Å². The largest absolute Gasteiger partial charge is 0.507 e. The van der Waals surface area contributed by atoms with Crippen LogP contribution in [0.3, 0.4) is 0 Å². The van der Waals surface area contributed by atoms with E-state index in [2.05, 4.69) is 31.9 Å². The molecule has 150 valence electrons. The average molecular weight is 514 g/mol. The fraction of sp³-hybridized carbons (Fsp3) is 0.300. The first kappa shape index (κ1) is 22.5. The second-order valence-corrected chi connectivity index (χ2v) is 8.55. The molecule has 2 aromatic carbocycles. The van der Waals surface area contributed by atoms with Crippen LogP contribution in [-0.4, -0.2) is 59.8 Å². The van der Waals surface area contributed by atoms with Crippen molar-refractivity contribution in [3.05, 3.63) is 55.5 Å². The SMILES string of the molecule is CN(CCN(C)Cc1cc(Br)cc(C=O)c1O)Cc1cc(Br)cc(C=O)c1O. The van der Waals surface area contributed by atoms with Gasteiger partial charge in [0.05, 0.1) is 11.1 Å². The molecule has 2 rings (SSSR count). The minimum Gasteiger partial charge on any atom is -0.507 e. The van der Waals surface area contributed by atoms with Gasteiger partial charge in [-0.2, -0.15) is 0 Å². The van der Waals surface area contributed by atoms with E-state index in [1.165, 1.54) is 0 Å². The summed E-state index contributed by atoms with van der Waals surface area (Å²) in [5.41, 5.74) is 1.85. The summed E-state index contributed by atoms with van der Waals surface area (Å²) in [5.74, 6) is -0.00212. The van der Waals surface area contributed by atoms with Crippen molar-refractivity contribution in [3.8, 4) is 11.5 Å². The van der Waals surface area contributed by atoms with E-state index in [9.17, 15) is 19.8 Å². The zero-order valence-electron chi connectivity index (χ0n) is 15.7. The van der Waals surface area contributed by atoms with Gasteiger partial charge in [-0.25, -0.2) is 0 Å². The van der Waals surface area contributed by atoms with E-state index in [4.69, 9.17) is 0 Å². The molecule has 0 aliphatic rings. The number of benzene rings is 2. The molecule has 28 heavy (non-hydrogen) atoms. The lowest BCUT2D eigenvalue weighted by Gasteiger charge is -2.23. The van der Waals surface area contributed by atoms with Crippen LogP contribution < -0.4 is 0 Å². The molecule has 2 N–H and O–H groups in total. The molecule has 0 aliphatic carbocycles. The van der Waals surface area contributed by atoms with Crippen LogP contribution in [0.15, 0.2) is 33.2 Å². The summed E-state index contributed by atoms with van der Waals surface area (Å²) in [6.07, 6.45) is 1.27. The number of halogens is 2. The Morgan fingerprint density at radius 1 is 0.786 bits per heavy atom. The van der Waals surface area contributed by atoms with E-state index in [1.54, 1.807) is 24.3 Å². The maximum absolute atomic E-state index is 11.1. The summed E-state index contributed by atoms with van der Waals surface area (Å²) in [7, 11) is 3.85. The Morgan fingerprint density at radius 2 is 1.14 bits per heavy atom. The molecule has 0 spiro atoms. The highest BCUT2D eigenvalue weighted by atomic mass is 79.9. The molecule has 0 amide bonds. The molecular weight excluding hydrogens is 492 g/mol. The van der Waals surface area contributed by atoms with E-state index in [-0.39, 0.29) is 22.6 Å². The van der Waals surface area contributed by atoms with Gasteiger partial charge in [0, 0.05) is 46.3 Å². The highest BCUT2D eigenvalue weighted by molar-refractivity contribution is 9.10. The quantitative estimate of drug-likeness (QED) is 0.496. The minimum atomic E-state index is -0.00106. The van der Waals surface area contributed by atoms with Gasteiger partial charge in [0.15, 0.2) is 12.6 Å². The molecule has 8 heteroatoms. The Labute approximate surface area is 181 Å². The molecule has 0 radical (unpaired) electrons. The third kappa shape index (κ3) is 5.88. The maximum Gasteiger partial charge on any atom is 0.153 e. The van der Waals surface area contributed by atoms with Crippen LogP contribution in [0.2, 0.25) is 0 Å². The lowest BCUT2D eigenvalue weighted by Crippen LogP contribution is -2.30. The maximum atomic E-state index is 11.1. The molecule has 0 aromatic heterocycles. The summed E-state index contributed by atoms with van der Waals surface area (Å²) in [6, 6.07) is 6.75. The first-order valence-electron chi connectivity index (χ1n) is 8.55. The fourth-order valence-electron chi connectivity index (χ4n) is 2.86. The number of phenols is 2. The molecule has 0 aliphatic heterocycles. The normalized spacial score (nSPS) is 11.2. The Bertz CT molecular complexity index is 802. The molecule has 0 saturated carbocycles. The van der Waals surface area contributed by atoms with Crippen LogP contribution in [0.5, 0.6) is 11.5 Å². The molecule has 0 unspecified atom stereocenters. The zero-order chi connectivity index (χ0) is 20.8. The summed E-state index contributed by atoms with van der Waals surface area (Å²) in [4.78, 5) is 26.2. The van der Waals surface area contributed by atoms with Gasteiger partial charge in [-0.05, 0) is 38.4 Å². The molecule has 0 atom stereocenters. The van der Waals surface area contributed by atoms with Crippen LogP contribution in [0.4, 0.5) is 0 Å². The van der Waals surface area contributed by atoms with E-state index in [1.807, 2.05) is 23.9 Å². The second kappa shape index (κ2) is 10.2. The van der Waals surface area contributed by atoms with Crippen molar-refractivity contribution < 1.29 is 19.8 Å². The lowest BCUT2D eigenvalue weighted by atomic mass is 10.1. The van der Waals surface area contributed by atoms with Crippen molar-refractivity contribution in [2.24, 2.45) is 0 Å². The van der Waals surface area contributed by atoms with Crippen LogP contribution >= 0.6 is 31.9 Å². The Balaban J connectivity index is 1.97. The predicted molar refractivity (Wildman–Crippen MR) is 115 cm³/mol. The number of aldehydes is 2. The smallest absolute Gasteiger partial charge is 0.153 e. The Hall–Kier alpha value is -1.74. The van der Waals surface area contributed by atoms with Gasteiger partial charge in [0.2, 0.25) is 0 Å².